The molecule has 4 heteroatoms. The third kappa shape index (κ3) is 8.15. The summed E-state index contributed by atoms with van der Waals surface area (Å²) in [6.45, 7) is 4.95. The van der Waals surface area contributed by atoms with Crippen LogP contribution in [-0.4, -0.2) is 38.3 Å². The van der Waals surface area contributed by atoms with Crippen molar-refractivity contribution in [2.45, 2.75) is 19.8 Å². The molecule has 0 bridgehead atoms. The fourth-order valence-corrected chi connectivity index (χ4v) is 3.15. The minimum Gasteiger partial charge on any atom is -0.383 e. The number of halogens is 1. The Bertz CT molecular complexity index is 362. The van der Waals surface area contributed by atoms with Crippen molar-refractivity contribution < 1.29 is 4.74 Å². The fraction of sp³-hybridized carbons (Fsp3) is 0.625. The van der Waals surface area contributed by atoms with Crippen molar-refractivity contribution in [2.24, 2.45) is 5.92 Å². The first-order valence-electron chi connectivity index (χ1n) is 7.28. The van der Waals surface area contributed by atoms with Crippen molar-refractivity contribution in [1.29, 1.82) is 0 Å². The highest BCUT2D eigenvalue weighted by Crippen LogP contribution is 2.18. The van der Waals surface area contributed by atoms with Gasteiger partial charge in [0, 0.05) is 18.7 Å². The average Bonchev–Trinajstić information content (AvgIpc) is 2.43. The van der Waals surface area contributed by atoms with Crippen LogP contribution in [0.2, 0.25) is 5.02 Å². The van der Waals surface area contributed by atoms with E-state index in [1.54, 1.807) is 7.11 Å². The van der Waals surface area contributed by atoms with Crippen LogP contribution in [0.15, 0.2) is 24.3 Å². The lowest BCUT2D eigenvalue weighted by Gasteiger charge is -2.18. The molecule has 0 aliphatic heterocycles. The van der Waals surface area contributed by atoms with E-state index >= 15 is 0 Å². The smallest absolute Gasteiger partial charge is 0.0587 e. The van der Waals surface area contributed by atoms with Crippen molar-refractivity contribution in [1.82, 2.24) is 5.32 Å². The second kappa shape index (κ2) is 11.4. The van der Waals surface area contributed by atoms with Crippen LogP contribution in [0.1, 0.15) is 18.9 Å². The molecule has 1 aromatic carbocycles. The molecule has 0 amide bonds. The van der Waals surface area contributed by atoms with Crippen LogP contribution in [0.3, 0.4) is 0 Å². The Morgan fingerprint density at radius 2 is 2.25 bits per heavy atom. The van der Waals surface area contributed by atoms with Crippen molar-refractivity contribution >= 4 is 23.4 Å². The Labute approximate surface area is 132 Å². The number of methoxy groups -OCH3 is 1. The zero-order valence-corrected chi connectivity index (χ0v) is 14.1. The molecular formula is C16H26ClNOS. The molecule has 0 aliphatic rings. The van der Waals surface area contributed by atoms with E-state index in [1.165, 1.54) is 23.5 Å². The number of thioether (sulfide) groups is 1. The van der Waals surface area contributed by atoms with E-state index in [4.69, 9.17) is 16.3 Å². The van der Waals surface area contributed by atoms with Gasteiger partial charge < -0.3 is 10.1 Å². The first kappa shape index (κ1) is 17.8. The third-order valence-electron chi connectivity index (χ3n) is 3.20. The van der Waals surface area contributed by atoms with Crippen molar-refractivity contribution in [3.8, 4) is 0 Å². The number of hydrogen-bond acceptors (Lipinski definition) is 3. The number of nitrogens with one attached hydrogen (secondary N) is 1. The summed E-state index contributed by atoms with van der Waals surface area (Å²) in [6, 6.07) is 8.22. The van der Waals surface area contributed by atoms with Gasteiger partial charge in [-0.05, 0) is 54.5 Å². The van der Waals surface area contributed by atoms with Gasteiger partial charge in [0.05, 0.1) is 6.61 Å². The Kier molecular flexibility index (Phi) is 10.2. The SMILES string of the molecule is CCSCCC(CNCCOC)Cc1cccc(Cl)c1. The maximum Gasteiger partial charge on any atom is 0.0587 e. The van der Waals surface area contributed by atoms with E-state index in [-0.39, 0.29) is 0 Å². The third-order valence-corrected chi connectivity index (χ3v) is 4.37. The van der Waals surface area contributed by atoms with Crippen LogP contribution >= 0.6 is 23.4 Å². The molecule has 1 atom stereocenters. The molecule has 1 rings (SSSR count). The van der Waals surface area contributed by atoms with Gasteiger partial charge in [0.25, 0.3) is 0 Å². The lowest BCUT2D eigenvalue weighted by molar-refractivity contribution is 0.197. The van der Waals surface area contributed by atoms with Gasteiger partial charge >= 0.3 is 0 Å². The molecule has 0 fully saturated rings. The summed E-state index contributed by atoms with van der Waals surface area (Å²) in [5.74, 6) is 3.08. The second-order valence-electron chi connectivity index (χ2n) is 4.88. The highest BCUT2D eigenvalue weighted by molar-refractivity contribution is 7.99. The van der Waals surface area contributed by atoms with Gasteiger partial charge in [0.2, 0.25) is 0 Å². The molecule has 0 saturated heterocycles. The molecule has 0 aliphatic carbocycles. The summed E-state index contributed by atoms with van der Waals surface area (Å²) >= 11 is 8.08. The maximum absolute atomic E-state index is 6.06. The Hall–Kier alpha value is -0.220. The molecule has 0 spiro atoms. The predicted molar refractivity (Wildman–Crippen MR) is 91.0 cm³/mol. The average molecular weight is 316 g/mol. The molecule has 114 valence electrons. The maximum atomic E-state index is 6.06. The van der Waals surface area contributed by atoms with E-state index in [2.05, 4.69) is 24.4 Å². The van der Waals surface area contributed by atoms with E-state index < -0.39 is 0 Å². The standard InChI is InChI=1S/C16H26ClNOS/c1-3-20-10-7-15(13-18-8-9-19-2)11-14-5-4-6-16(17)12-14/h4-6,12,15,18H,3,7-11,13H2,1-2H3. The lowest BCUT2D eigenvalue weighted by atomic mass is 9.97. The predicted octanol–water partition coefficient (Wildman–Crippen LogP) is 3.88. The molecule has 2 nitrogen and oxygen atoms in total. The minimum atomic E-state index is 0.657. The van der Waals surface area contributed by atoms with Crippen LogP contribution in [0.25, 0.3) is 0 Å². The Balaban J connectivity index is 2.43. The minimum absolute atomic E-state index is 0.657. The number of hydrogen-bond donors (Lipinski definition) is 1. The van der Waals surface area contributed by atoms with Crippen LogP contribution < -0.4 is 5.32 Å². The van der Waals surface area contributed by atoms with E-state index in [1.807, 2.05) is 23.9 Å². The van der Waals surface area contributed by atoms with E-state index in [9.17, 15) is 0 Å². The molecule has 1 N–H and O–H groups in total. The summed E-state index contributed by atoms with van der Waals surface area (Å²) in [6.07, 6.45) is 2.33. The number of rotatable bonds is 11. The first-order chi connectivity index (χ1) is 9.76. The monoisotopic (exact) mass is 315 g/mol. The summed E-state index contributed by atoms with van der Waals surface area (Å²) in [4.78, 5) is 0. The molecular weight excluding hydrogens is 290 g/mol. The molecule has 0 saturated carbocycles. The summed E-state index contributed by atoms with van der Waals surface area (Å²) < 4.78 is 5.07. The molecule has 1 unspecified atom stereocenters. The van der Waals surface area contributed by atoms with Crippen LogP contribution in [0, 0.1) is 5.92 Å². The number of ether oxygens (including phenoxy) is 1. The Morgan fingerprint density at radius 3 is 2.95 bits per heavy atom. The summed E-state index contributed by atoms with van der Waals surface area (Å²) in [7, 11) is 1.74. The fourth-order valence-electron chi connectivity index (χ4n) is 2.15. The van der Waals surface area contributed by atoms with Crippen LogP contribution in [0.5, 0.6) is 0 Å². The highest BCUT2D eigenvalue weighted by Gasteiger charge is 2.10. The van der Waals surface area contributed by atoms with Crippen molar-refractivity contribution in [2.75, 3.05) is 38.3 Å². The van der Waals surface area contributed by atoms with Crippen molar-refractivity contribution in [3.63, 3.8) is 0 Å². The second-order valence-corrected chi connectivity index (χ2v) is 6.71. The van der Waals surface area contributed by atoms with E-state index in [0.29, 0.717) is 5.92 Å². The normalized spacial score (nSPS) is 12.6. The van der Waals surface area contributed by atoms with Gasteiger partial charge in [-0.2, -0.15) is 11.8 Å². The van der Waals surface area contributed by atoms with Crippen molar-refractivity contribution in [3.05, 3.63) is 34.9 Å². The van der Waals surface area contributed by atoms with Gasteiger partial charge in [-0.15, -0.1) is 0 Å². The van der Waals surface area contributed by atoms with Gasteiger partial charge in [-0.1, -0.05) is 30.7 Å². The first-order valence-corrected chi connectivity index (χ1v) is 8.81. The summed E-state index contributed by atoms with van der Waals surface area (Å²) in [5, 5.41) is 4.31. The highest BCUT2D eigenvalue weighted by atomic mass is 35.5. The van der Waals surface area contributed by atoms with E-state index in [0.717, 1.165) is 31.1 Å². The molecule has 0 heterocycles. The van der Waals surface area contributed by atoms with Gasteiger partial charge in [0.1, 0.15) is 0 Å². The lowest BCUT2D eigenvalue weighted by Crippen LogP contribution is -2.27. The quantitative estimate of drug-likeness (QED) is 0.626. The zero-order valence-electron chi connectivity index (χ0n) is 12.5. The largest absolute Gasteiger partial charge is 0.383 e. The Morgan fingerprint density at radius 1 is 1.40 bits per heavy atom. The van der Waals surface area contributed by atoms with Crippen LogP contribution in [-0.2, 0) is 11.2 Å². The molecule has 1 aromatic rings. The van der Waals surface area contributed by atoms with Gasteiger partial charge in [0.15, 0.2) is 0 Å². The van der Waals surface area contributed by atoms with Gasteiger partial charge in [-0.3, -0.25) is 0 Å². The zero-order chi connectivity index (χ0) is 14.6. The van der Waals surface area contributed by atoms with Gasteiger partial charge in [-0.25, -0.2) is 0 Å². The topological polar surface area (TPSA) is 21.3 Å². The number of benzene rings is 1. The molecule has 0 aromatic heterocycles. The molecule has 0 radical (unpaired) electrons. The summed E-state index contributed by atoms with van der Waals surface area (Å²) in [5.41, 5.74) is 1.33. The van der Waals surface area contributed by atoms with Crippen LogP contribution in [0.4, 0.5) is 0 Å². The molecule has 20 heavy (non-hydrogen) atoms.